The van der Waals surface area contributed by atoms with Crippen LogP contribution in [0.4, 0.5) is 0 Å². The van der Waals surface area contributed by atoms with E-state index in [1.54, 1.807) is 42.0 Å². The first kappa shape index (κ1) is 20.1. The van der Waals surface area contributed by atoms with Crippen molar-refractivity contribution in [1.29, 1.82) is 0 Å². The third kappa shape index (κ3) is 4.43. The summed E-state index contributed by atoms with van der Waals surface area (Å²) in [6.07, 6.45) is 6.06. The van der Waals surface area contributed by atoms with E-state index in [0.717, 1.165) is 11.3 Å². The SMILES string of the molecule is COC(=O)c1cc(/C=C/C(=O)N(C)C(C)c2ccc(-n3cncn3)cc2)oc1C. The summed E-state index contributed by atoms with van der Waals surface area (Å²) >= 11 is 0. The van der Waals surface area contributed by atoms with Crippen LogP contribution in [0.3, 0.4) is 0 Å². The minimum Gasteiger partial charge on any atom is -0.465 e. The van der Waals surface area contributed by atoms with Crippen LogP contribution in [-0.4, -0.2) is 45.7 Å². The Kier molecular flexibility index (Phi) is 5.92. The number of benzene rings is 1. The number of likely N-dealkylation sites (N-methyl/N-ethyl adjacent to an activating group) is 1. The van der Waals surface area contributed by atoms with Gasteiger partial charge in [0.2, 0.25) is 5.91 Å². The second kappa shape index (κ2) is 8.55. The minimum atomic E-state index is -0.475. The Morgan fingerprint density at radius 2 is 2.00 bits per heavy atom. The number of rotatable bonds is 6. The zero-order chi connectivity index (χ0) is 21.0. The van der Waals surface area contributed by atoms with Gasteiger partial charge in [0.05, 0.1) is 18.8 Å². The molecule has 1 aromatic carbocycles. The number of carbonyl (C=O) groups excluding carboxylic acids is 2. The van der Waals surface area contributed by atoms with Crippen molar-refractivity contribution < 1.29 is 18.7 Å². The predicted molar refractivity (Wildman–Crippen MR) is 106 cm³/mol. The Morgan fingerprint density at radius 1 is 1.28 bits per heavy atom. The lowest BCUT2D eigenvalue weighted by Gasteiger charge is -2.24. The van der Waals surface area contributed by atoms with E-state index < -0.39 is 5.97 Å². The highest BCUT2D eigenvalue weighted by molar-refractivity contribution is 5.93. The van der Waals surface area contributed by atoms with Crippen molar-refractivity contribution in [3.05, 3.63) is 71.7 Å². The molecule has 150 valence electrons. The van der Waals surface area contributed by atoms with Crippen LogP contribution in [-0.2, 0) is 9.53 Å². The molecular formula is C21H22N4O4. The van der Waals surface area contributed by atoms with Crippen molar-refractivity contribution in [3.8, 4) is 5.69 Å². The number of amides is 1. The summed E-state index contributed by atoms with van der Waals surface area (Å²) in [6, 6.07) is 9.17. The van der Waals surface area contributed by atoms with Crippen molar-refractivity contribution in [2.75, 3.05) is 14.2 Å². The van der Waals surface area contributed by atoms with Gasteiger partial charge in [-0.1, -0.05) is 12.1 Å². The molecule has 1 amide bonds. The second-order valence-corrected chi connectivity index (χ2v) is 6.50. The predicted octanol–water partition coefficient (Wildman–Crippen LogP) is 3.19. The monoisotopic (exact) mass is 394 g/mol. The van der Waals surface area contributed by atoms with Gasteiger partial charge in [-0.15, -0.1) is 0 Å². The fourth-order valence-corrected chi connectivity index (χ4v) is 2.83. The van der Waals surface area contributed by atoms with Gasteiger partial charge in [-0.25, -0.2) is 14.5 Å². The van der Waals surface area contributed by atoms with Crippen LogP contribution in [0.15, 0.2) is 53.5 Å². The summed E-state index contributed by atoms with van der Waals surface area (Å²) < 4.78 is 11.9. The lowest BCUT2D eigenvalue weighted by Crippen LogP contribution is -2.27. The summed E-state index contributed by atoms with van der Waals surface area (Å²) in [4.78, 5) is 29.8. The van der Waals surface area contributed by atoms with E-state index in [1.807, 2.05) is 31.2 Å². The maximum atomic E-state index is 12.6. The summed E-state index contributed by atoms with van der Waals surface area (Å²) in [6.45, 7) is 3.62. The molecule has 0 saturated heterocycles. The number of nitrogens with zero attached hydrogens (tertiary/aromatic N) is 4. The molecule has 29 heavy (non-hydrogen) atoms. The fourth-order valence-electron chi connectivity index (χ4n) is 2.83. The zero-order valence-corrected chi connectivity index (χ0v) is 16.7. The van der Waals surface area contributed by atoms with Crippen LogP contribution >= 0.6 is 0 Å². The Labute approximate surface area is 168 Å². The fraction of sp³-hybridized carbons (Fsp3) is 0.238. The summed E-state index contributed by atoms with van der Waals surface area (Å²) in [5, 5.41) is 4.10. The topological polar surface area (TPSA) is 90.5 Å². The smallest absolute Gasteiger partial charge is 0.341 e. The van der Waals surface area contributed by atoms with Gasteiger partial charge in [-0.05, 0) is 43.7 Å². The minimum absolute atomic E-state index is 0.138. The van der Waals surface area contributed by atoms with Crippen molar-refractivity contribution in [2.24, 2.45) is 0 Å². The van der Waals surface area contributed by atoms with Crippen molar-refractivity contribution >= 4 is 18.0 Å². The number of hydrogen-bond acceptors (Lipinski definition) is 6. The highest BCUT2D eigenvalue weighted by atomic mass is 16.5. The molecule has 3 rings (SSSR count). The highest BCUT2D eigenvalue weighted by Crippen LogP contribution is 2.21. The standard InChI is InChI=1S/C21H22N4O4/c1-14(16-5-7-17(8-6-16)25-13-22-12-23-25)24(3)20(26)10-9-18-11-19(15(2)29-18)21(27)28-4/h5-14H,1-4H3/b10-9+. The number of esters is 1. The van der Waals surface area contributed by atoms with E-state index in [2.05, 4.69) is 10.1 Å². The Balaban J connectivity index is 1.68. The van der Waals surface area contributed by atoms with Crippen LogP contribution in [0.1, 0.15) is 40.4 Å². The van der Waals surface area contributed by atoms with Gasteiger partial charge in [0.25, 0.3) is 0 Å². The molecule has 0 fully saturated rings. The highest BCUT2D eigenvalue weighted by Gasteiger charge is 2.17. The first-order valence-electron chi connectivity index (χ1n) is 8.99. The summed E-state index contributed by atoms with van der Waals surface area (Å²) in [7, 11) is 3.04. The average Bonchev–Trinajstić information content (AvgIpc) is 3.40. The van der Waals surface area contributed by atoms with Gasteiger partial charge < -0.3 is 14.1 Å². The molecule has 8 nitrogen and oxygen atoms in total. The third-order valence-corrected chi connectivity index (χ3v) is 4.72. The van der Waals surface area contributed by atoms with Crippen LogP contribution in [0, 0.1) is 6.92 Å². The number of carbonyl (C=O) groups is 2. The first-order chi connectivity index (χ1) is 13.9. The van der Waals surface area contributed by atoms with Gasteiger partial charge in [-0.2, -0.15) is 5.10 Å². The molecule has 0 radical (unpaired) electrons. The summed E-state index contributed by atoms with van der Waals surface area (Å²) in [5.74, 6) is 0.191. The van der Waals surface area contributed by atoms with Crippen LogP contribution in [0.5, 0.6) is 0 Å². The van der Waals surface area contributed by atoms with Gasteiger partial charge in [0.15, 0.2) is 0 Å². The van der Waals surface area contributed by atoms with Gasteiger partial charge >= 0.3 is 5.97 Å². The number of furan rings is 1. The number of hydrogen-bond donors (Lipinski definition) is 0. The molecule has 0 spiro atoms. The zero-order valence-electron chi connectivity index (χ0n) is 16.7. The Morgan fingerprint density at radius 3 is 2.62 bits per heavy atom. The molecule has 2 aromatic heterocycles. The number of methoxy groups -OCH3 is 1. The maximum Gasteiger partial charge on any atom is 0.341 e. The molecular weight excluding hydrogens is 372 g/mol. The number of aryl methyl sites for hydroxylation is 1. The number of aromatic nitrogens is 3. The van der Waals surface area contributed by atoms with Crippen LogP contribution < -0.4 is 0 Å². The van der Waals surface area contributed by atoms with Crippen molar-refractivity contribution in [3.63, 3.8) is 0 Å². The molecule has 0 aliphatic heterocycles. The molecule has 0 aliphatic carbocycles. The normalized spacial score (nSPS) is 12.1. The largest absolute Gasteiger partial charge is 0.465 e. The van der Waals surface area contributed by atoms with E-state index in [1.165, 1.54) is 19.5 Å². The Hall–Kier alpha value is -3.68. The van der Waals surface area contributed by atoms with E-state index in [-0.39, 0.29) is 11.9 Å². The second-order valence-electron chi connectivity index (χ2n) is 6.50. The molecule has 3 aromatic rings. The molecule has 0 bridgehead atoms. The lowest BCUT2D eigenvalue weighted by atomic mass is 10.1. The quantitative estimate of drug-likeness (QED) is 0.471. The number of ether oxygens (including phenoxy) is 1. The molecule has 0 N–H and O–H groups in total. The maximum absolute atomic E-state index is 12.6. The Bertz CT molecular complexity index is 1020. The first-order valence-corrected chi connectivity index (χ1v) is 8.99. The summed E-state index contributed by atoms with van der Waals surface area (Å²) in [5.41, 5.74) is 2.22. The molecule has 1 unspecified atom stereocenters. The van der Waals surface area contributed by atoms with Crippen LogP contribution in [0.25, 0.3) is 11.8 Å². The van der Waals surface area contributed by atoms with Crippen LogP contribution in [0.2, 0.25) is 0 Å². The molecule has 0 aliphatic rings. The van der Waals surface area contributed by atoms with E-state index >= 15 is 0 Å². The van der Waals surface area contributed by atoms with E-state index in [9.17, 15) is 9.59 Å². The molecule has 2 heterocycles. The van der Waals surface area contributed by atoms with Gasteiger partial charge in [-0.3, -0.25) is 4.79 Å². The average molecular weight is 394 g/mol. The van der Waals surface area contributed by atoms with Crippen molar-refractivity contribution in [1.82, 2.24) is 19.7 Å². The molecule has 8 heteroatoms. The molecule has 1 atom stereocenters. The third-order valence-electron chi connectivity index (χ3n) is 4.72. The van der Waals surface area contributed by atoms with Gasteiger partial charge in [0.1, 0.15) is 29.7 Å². The van der Waals surface area contributed by atoms with E-state index in [0.29, 0.717) is 17.1 Å². The van der Waals surface area contributed by atoms with Gasteiger partial charge in [0, 0.05) is 13.1 Å². The van der Waals surface area contributed by atoms with E-state index in [4.69, 9.17) is 9.15 Å². The molecule has 0 saturated carbocycles. The lowest BCUT2D eigenvalue weighted by molar-refractivity contribution is -0.126. The van der Waals surface area contributed by atoms with Crippen molar-refractivity contribution in [2.45, 2.75) is 19.9 Å².